The van der Waals surface area contributed by atoms with E-state index in [1.54, 1.807) is 0 Å². The maximum absolute atomic E-state index is 5.44. The summed E-state index contributed by atoms with van der Waals surface area (Å²) >= 11 is 7.37. The summed E-state index contributed by atoms with van der Waals surface area (Å²) < 4.78 is 3.10. The van der Waals surface area contributed by atoms with E-state index >= 15 is 0 Å². The zero-order chi connectivity index (χ0) is 13.7. The third kappa shape index (κ3) is 3.63. The molecule has 1 N–H and O–H groups in total. The van der Waals surface area contributed by atoms with Crippen molar-refractivity contribution >= 4 is 35.0 Å². The summed E-state index contributed by atoms with van der Waals surface area (Å²) in [5.41, 5.74) is 3.70. The highest BCUT2D eigenvalue weighted by Gasteiger charge is 2.05. The molecule has 2 nitrogen and oxygen atoms in total. The molecule has 104 valence electrons. The van der Waals surface area contributed by atoms with Crippen LogP contribution in [-0.2, 0) is 6.54 Å². The van der Waals surface area contributed by atoms with E-state index in [1.165, 1.54) is 48.0 Å². The number of para-hydroxylation sites is 1. The van der Waals surface area contributed by atoms with Crippen molar-refractivity contribution in [1.29, 1.82) is 0 Å². The lowest BCUT2D eigenvalue weighted by Crippen LogP contribution is -1.98. The third-order valence-electron chi connectivity index (χ3n) is 3.50. The molecule has 2 rings (SSSR count). The summed E-state index contributed by atoms with van der Waals surface area (Å²) in [5.74, 6) is 1.28. The van der Waals surface area contributed by atoms with E-state index in [-0.39, 0.29) is 0 Å². The van der Waals surface area contributed by atoms with E-state index in [0.29, 0.717) is 0 Å². The fourth-order valence-electron chi connectivity index (χ4n) is 2.42. The molecule has 0 bridgehead atoms. The van der Waals surface area contributed by atoms with Gasteiger partial charge < -0.3 is 9.55 Å². The molecule has 19 heavy (non-hydrogen) atoms. The van der Waals surface area contributed by atoms with Crippen LogP contribution < -0.4 is 0 Å². The van der Waals surface area contributed by atoms with Gasteiger partial charge in [-0.05, 0) is 55.6 Å². The lowest BCUT2D eigenvalue weighted by Gasteiger charge is -2.05. The van der Waals surface area contributed by atoms with Gasteiger partial charge in [-0.15, -0.1) is 0 Å². The Morgan fingerprint density at radius 1 is 1.21 bits per heavy atom. The summed E-state index contributed by atoms with van der Waals surface area (Å²) in [5, 5.41) is 0. The molecule has 0 atom stereocenters. The van der Waals surface area contributed by atoms with E-state index in [4.69, 9.17) is 12.2 Å². The summed E-state index contributed by atoms with van der Waals surface area (Å²) in [7, 11) is 0. The average molecular weight is 294 g/mol. The Bertz CT molecular complexity index is 583. The molecule has 0 amide bonds. The second kappa shape index (κ2) is 7.15. The number of benzene rings is 1. The molecule has 0 aliphatic carbocycles. The van der Waals surface area contributed by atoms with Crippen molar-refractivity contribution < 1.29 is 0 Å². The number of hydrogen-bond acceptors (Lipinski definition) is 2. The van der Waals surface area contributed by atoms with Crippen LogP contribution in [0.3, 0.4) is 0 Å². The van der Waals surface area contributed by atoms with Crippen LogP contribution in [0.15, 0.2) is 18.2 Å². The smallest absolute Gasteiger partial charge is 0.178 e. The molecule has 0 aliphatic heterocycles. The van der Waals surface area contributed by atoms with Gasteiger partial charge in [0.2, 0.25) is 0 Å². The normalized spacial score (nSPS) is 11.3. The largest absolute Gasteiger partial charge is 0.330 e. The van der Waals surface area contributed by atoms with E-state index in [9.17, 15) is 0 Å². The van der Waals surface area contributed by atoms with Crippen molar-refractivity contribution in [1.82, 2.24) is 9.55 Å². The second-order valence-corrected chi connectivity index (χ2v) is 6.33. The van der Waals surface area contributed by atoms with Crippen LogP contribution in [0, 0.1) is 11.7 Å². The molecule has 1 heterocycles. The Balaban J connectivity index is 1.99. The maximum atomic E-state index is 5.44. The lowest BCUT2D eigenvalue weighted by atomic mass is 10.2. The Morgan fingerprint density at radius 3 is 2.79 bits per heavy atom. The molecule has 0 fully saturated rings. The molecule has 0 unspecified atom stereocenters. The van der Waals surface area contributed by atoms with E-state index in [2.05, 4.69) is 40.9 Å². The van der Waals surface area contributed by atoms with Gasteiger partial charge in [-0.25, -0.2) is 0 Å². The minimum Gasteiger partial charge on any atom is -0.330 e. The number of hydrogen-bond donors (Lipinski definition) is 1. The number of imidazole rings is 1. The van der Waals surface area contributed by atoms with E-state index in [1.807, 2.05) is 11.8 Å². The van der Waals surface area contributed by atoms with Crippen molar-refractivity contribution in [3.63, 3.8) is 0 Å². The van der Waals surface area contributed by atoms with Crippen molar-refractivity contribution in [2.24, 2.45) is 0 Å². The minimum atomic E-state index is 0.855. The summed E-state index contributed by atoms with van der Waals surface area (Å²) in [6.07, 6.45) is 7.34. The number of fused-ring (bicyclic) bond motifs is 1. The Hall–Kier alpha value is -0.740. The number of unbranched alkanes of at least 4 members (excludes halogenated alkanes) is 3. The first kappa shape index (κ1) is 14.7. The van der Waals surface area contributed by atoms with Crippen molar-refractivity contribution in [3.8, 4) is 0 Å². The summed E-state index contributed by atoms with van der Waals surface area (Å²) in [6.45, 7) is 3.15. The first-order valence-corrected chi connectivity index (χ1v) is 8.71. The predicted molar refractivity (Wildman–Crippen MR) is 88.7 cm³/mol. The van der Waals surface area contributed by atoms with Gasteiger partial charge in [0.05, 0.1) is 11.0 Å². The molecule has 0 spiro atoms. The van der Waals surface area contributed by atoms with Gasteiger partial charge in [0, 0.05) is 6.54 Å². The molecule has 4 heteroatoms. The quantitative estimate of drug-likeness (QED) is 0.577. The molecule has 0 aliphatic rings. The topological polar surface area (TPSA) is 20.7 Å². The van der Waals surface area contributed by atoms with Crippen LogP contribution in [0.5, 0.6) is 0 Å². The number of aryl methyl sites for hydroxylation is 2. The number of rotatable bonds is 7. The van der Waals surface area contributed by atoms with Crippen molar-refractivity contribution in [2.75, 3.05) is 12.0 Å². The van der Waals surface area contributed by atoms with Gasteiger partial charge in [0.1, 0.15) is 0 Å². The monoisotopic (exact) mass is 294 g/mol. The third-order valence-corrected chi connectivity index (χ3v) is 4.52. The van der Waals surface area contributed by atoms with Gasteiger partial charge in [-0.2, -0.15) is 11.8 Å². The number of nitrogens with one attached hydrogen (secondary N) is 1. The lowest BCUT2D eigenvalue weighted by molar-refractivity contribution is 0.589. The summed E-state index contributed by atoms with van der Waals surface area (Å²) in [6, 6.07) is 6.39. The highest BCUT2D eigenvalue weighted by atomic mass is 32.2. The number of aromatic amines is 1. The van der Waals surface area contributed by atoms with Crippen LogP contribution in [0.4, 0.5) is 0 Å². The molecule has 0 radical (unpaired) electrons. The zero-order valence-corrected chi connectivity index (χ0v) is 13.4. The van der Waals surface area contributed by atoms with Gasteiger partial charge in [-0.1, -0.05) is 25.0 Å². The van der Waals surface area contributed by atoms with E-state index < -0.39 is 0 Å². The highest BCUT2D eigenvalue weighted by Crippen LogP contribution is 2.18. The second-order valence-electron chi connectivity index (χ2n) is 4.96. The molecular weight excluding hydrogens is 272 g/mol. The molecular formula is C15H22N2S2. The van der Waals surface area contributed by atoms with Crippen LogP contribution in [0.25, 0.3) is 11.0 Å². The molecule has 0 saturated heterocycles. The molecule has 1 aromatic heterocycles. The van der Waals surface area contributed by atoms with Crippen molar-refractivity contribution in [2.45, 2.75) is 39.2 Å². The number of nitrogens with zero attached hydrogens (tertiary/aromatic N) is 1. The Morgan fingerprint density at radius 2 is 2.00 bits per heavy atom. The first-order chi connectivity index (χ1) is 9.24. The van der Waals surface area contributed by atoms with Crippen LogP contribution in [-0.4, -0.2) is 21.6 Å². The van der Waals surface area contributed by atoms with Crippen LogP contribution in [0.2, 0.25) is 0 Å². The van der Waals surface area contributed by atoms with Gasteiger partial charge in [0.15, 0.2) is 4.77 Å². The van der Waals surface area contributed by atoms with E-state index in [0.717, 1.165) is 11.3 Å². The fraction of sp³-hybridized carbons (Fsp3) is 0.533. The van der Waals surface area contributed by atoms with Crippen molar-refractivity contribution in [3.05, 3.63) is 28.5 Å². The van der Waals surface area contributed by atoms with Gasteiger partial charge in [-0.3, -0.25) is 0 Å². The SMILES string of the molecule is CSCCCCCCn1c(=S)[nH]c2c(C)cccc21. The maximum Gasteiger partial charge on any atom is 0.178 e. The Labute approximate surface area is 124 Å². The number of thioether (sulfide) groups is 1. The number of aromatic nitrogens is 2. The van der Waals surface area contributed by atoms with Crippen LogP contribution >= 0.6 is 24.0 Å². The molecule has 0 saturated carbocycles. The number of H-pyrrole nitrogens is 1. The zero-order valence-electron chi connectivity index (χ0n) is 11.7. The average Bonchev–Trinajstić information content (AvgIpc) is 2.72. The standard InChI is InChI=1S/C15H22N2S2/c1-12-8-7-9-13-14(12)16-15(18)17(13)10-5-3-4-6-11-19-2/h7-9H,3-6,10-11H2,1-2H3,(H,16,18). The van der Waals surface area contributed by atoms with Gasteiger partial charge in [0.25, 0.3) is 0 Å². The molecule has 1 aromatic carbocycles. The van der Waals surface area contributed by atoms with Crippen LogP contribution in [0.1, 0.15) is 31.2 Å². The minimum absolute atomic E-state index is 0.855. The predicted octanol–water partition coefficient (Wildman–Crippen LogP) is 4.93. The Kier molecular flexibility index (Phi) is 5.52. The molecule has 2 aromatic rings. The highest BCUT2D eigenvalue weighted by molar-refractivity contribution is 7.98. The first-order valence-electron chi connectivity index (χ1n) is 6.91. The summed E-state index contributed by atoms with van der Waals surface area (Å²) in [4.78, 5) is 3.33. The van der Waals surface area contributed by atoms with Gasteiger partial charge >= 0.3 is 0 Å². The fourth-order valence-corrected chi connectivity index (χ4v) is 3.20.